The molecule has 6 aromatic carbocycles. The Kier molecular flexibility index (Phi) is 4.22. The fraction of sp³-hybridized carbons (Fsp3) is 0. The fourth-order valence-electron chi connectivity index (χ4n) is 5.35. The van der Waals surface area contributed by atoms with Crippen LogP contribution in [0.15, 0.2) is 128 Å². The summed E-state index contributed by atoms with van der Waals surface area (Å²) in [5, 5.41) is 8.69. The Balaban J connectivity index is 1.70. The molecule has 0 unspecified atom stereocenters. The number of hydrogen-bond donors (Lipinski definition) is 0. The van der Waals surface area contributed by atoms with Crippen molar-refractivity contribution in [2.75, 3.05) is 0 Å². The van der Waals surface area contributed by atoms with Crippen molar-refractivity contribution in [2.45, 2.75) is 0 Å². The number of rotatable bonds is 2. The molecule has 0 atom stereocenters. The minimum Gasteiger partial charge on any atom is -0.256 e. The van der Waals surface area contributed by atoms with Gasteiger partial charge in [-0.25, -0.2) is 0 Å². The maximum absolute atomic E-state index is 4.83. The van der Waals surface area contributed by atoms with Crippen LogP contribution in [0.4, 0.5) is 0 Å². The van der Waals surface area contributed by atoms with E-state index in [1.165, 1.54) is 54.6 Å². The highest BCUT2D eigenvalue weighted by molar-refractivity contribution is 6.20. The van der Waals surface area contributed by atoms with Crippen molar-refractivity contribution in [3.63, 3.8) is 0 Å². The van der Waals surface area contributed by atoms with Crippen molar-refractivity contribution in [3.8, 4) is 22.3 Å². The van der Waals surface area contributed by atoms with Crippen LogP contribution in [0.3, 0.4) is 0 Å². The number of benzene rings is 6. The third kappa shape index (κ3) is 2.84. The van der Waals surface area contributed by atoms with Gasteiger partial charge in [-0.15, -0.1) is 0 Å². The largest absolute Gasteiger partial charge is 0.256 e. The molecule has 7 rings (SSSR count). The second-order valence-corrected chi connectivity index (χ2v) is 8.78. The highest BCUT2D eigenvalue weighted by atomic mass is 14.6. The van der Waals surface area contributed by atoms with Crippen LogP contribution in [0.2, 0.25) is 0 Å². The predicted octanol–water partition coefficient (Wildman–Crippen LogP) is 9.03. The van der Waals surface area contributed by atoms with E-state index in [9.17, 15) is 0 Å². The van der Waals surface area contributed by atoms with Crippen LogP contribution in [0.25, 0.3) is 65.5 Å². The molecule has 0 spiro atoms. The van der Waals surface area contributed by atoms with E-state index in [2.05, 4.69) is 121 Å². The van der Waals surface area contributed by atoms with Gasteiger partial charge >= 0.3 is 0 Å². The van der Waals surface area contributed by atoms with E-state index in [0.717, 1.165) is 10.9 Å². The minimum atomic E-state index is 1.02. The lowest BCUT2D eigenvalue weighted by Gasteiger charge is -2.18. The third-order valence-electron chi connectivity index (χ3n) is 6.90. The second-order valence-electron chi connectivity index (χ2n) is 8.78. The van der Waals surface area contributed by atoms with E-state index in [4.69, 9.17) is 4.98 Å². The molecule has 0 N–H and O–H groups in total. The summed E-state index contributed by atoms with van der Waals surface area (Å²) < 4.78 is 0. The molecule has 7 aromatic rings. The van der Waals surface area contributed by atoms with Crippen molar-refractivity contribution in [1.29, 1.82) is 0 Å². The Hall–Kier alpha value is -4.49. The highest BCUT2D eigenvalue weighted by Crippen LogP contribution is 2.43. The summed E-state index contributed by atoms with van der Waals surface area (Å²) >= 11 is 0. The zero-order valence-electron chi connectivity index (χ0n) is 18.6. The quantitative estimate of drug-likeness (QED) is 0.249. The van der Waals surface area contributed by atoms with Gasteiger partial charge in [-0.05, 0) is 55.3 Å². The molecule has 1 nitrogen and oxygen atoms in total. The Bertz CT molecular complexity index is 1850. The van der Waals surface area contributed by atoms with Gasteiger partial charge in [0.1, 0.15) is 0 Å². The standard InChI is InChI=1S/C33H21N/c1-2-9-22(10-3-1)27-19-20-28-25-13-6-4-11-23(25)17-18-29(28)32(27)30-15-8-16-31-33(30)26-14-7-5-12-24(26)21-34-31/h1-21H. The summed E-state index contributed by atoms with van der Waals surface area (Å²) in [5.74, 6) is 0. The van der Waals surface area contributed by atoms with Crippen molar-refractivity contribution < 1.29 is 0 Å². The van der Waals surface area contributed by atoms with Gasteiger partial charge in [-0.1, -0.05) is 115 Å². The molecule has 34 heavy (non-hydrogen) atoms. The molecule has 0 bridgehead atoms. The van der Waals surface area contributed by atoms with E-state index in [1.54, 1.807) is 0 Å². The van der Waals surface area contributed by atoms with Crippen molar-refractivity contribution in [2.24, 2.45) is 0 Å². The van der Waals surface area contributed by atoms with Crippen molar-refractivity contribution in [1.82, 2.24) is 4.98 Å². The molecule has 0 aliphatic carbocycles. The van der Waals surface area contributed by atoms with E-state index in [0.29, 0.717) is 0 Å². The molecule has 1 aromatic heterocycles. The van der Waals surface area contributed by atoms with E-state index in [1.807, 2.05) is 6.20 Å². The van der Waals surface area contributed by atoms with Gasteiger partial charge in [0.2, 0.25) is 0 Å². The smallest absolute Gasteiger partial charge is 0.0714 e. The summed E-state index contributed by atoms with van der Waals surface area (Å²) in [6, 6.07) is 43.5. The lowest BCUT2D eigenvalue weighted by atomic mass is 9.86. The molecular weight excluding hydrogens is 410 g/mol. The third-order valence-corrected chi connectivity index (χ3v) is 6.90. The first-order chi connectivity index (χ1) is 16.9. The number of fused-ring (bicyclic) bond motifs is 6. The van der Waals surface area contributed by atoms with Crippen molar-refractivity contribution in [3.05, 3.63) is 128 Å². The zero-order valence-corrected chi connectivity index (χ0v) is 18.6. The molecule has 158 valence electrons. The SMILES string of the molecule is c1ccc(-c2ccc3c(ccc4ccccc43)c2-c2cccc3ncc4ccccc4c23)cc1. The van der Waals surface area contributed by atoms with Gasteiger partial charge in [0.05, 0.1) is 5.52 Å². The summed E-state index contributed by atoms with van der Waals surface area (Å²) in [7, 11) is 0. The average Bonchev–Trinajstić information content (AvgIpc) is 2.92. The van der Waals surface area contributed by atoms with Gasteiger partial charge in [-0.2, -0.15) is 0 Å². The zero-order chi connectivity index (χ0) is 22.5. The monoisotopic (exact) mass is 431 g/mol. The van der Waals surface area contributed by atoms with Crippen LogP contribution in [-0.2, 0) is 0 Å². The van der Waals surface area contributed by atoms with Gasteiger partial charge < -0.3 is 0 Å². The van der Waals surface area contributed by atoms with Crippen LogP contribution < -0.4 is 0 Å². The maximum atomic E-state index is 4.83. The Morgan fingerprint density at radius 3 is 2.03 bits per heavy atom. The Labute approximate surface area is 197 Å². The minimum absolute atomic E-state index is 1.02. The maximum Gasteiger partial charge on any atom is 0.0714 e. The Morgan fingerprint density at radius 2 is 1.15 bits per heavy atom. The number of nitrogens with zero attached hydrogens (tertiary/aromatic N) is 1. The number of hydrogen-bond acceptors (Lipinski definition) is 1. The summed E-state index contributed by atoms with van der Waals surface area (Å²) in [5.41, 5.74) is 5.97. The molecule has 0 radical (unpaired) electrons. The fourth-order valence-corrected chi connectivity index (χ4v) is 5.35. The molecule has 0 aliphatic rings. The molecule has 1 heterocycles. The van der Waals surface area contributed by atoms with Gasteiger partial charge in [0.25, 0.3) is 0 Å². The van der Waals surface area contributed by atoms with E-state index in [-0.39, 0.29) is 0 Å². The summed E-state index contributed by atoms with van der Waals surface area (Å²) in [6.45, 7) is 0. The summed E-state index contributed by atoms with van der Waals surface area (Å²) in [6.07, 6.45) is 1.98. The number of pyridine rings is 1. The normalized spacial score (nSPS) is 11.5. The molecule has 0 amide bonds. The lowest BCUT2D eigenvalue weighted by Crippen LogP contribution is -1.92. The van der Waals surface area contributed by atoms with Crippen molar-refractivity contribution >= 4 is 43.2 Å². The number of aromatic nitrogens is 1. The van der Waals surface area contributed by atoms with Gasteiger partial charge in [-0.3, -0.25) is 4.98 Å². The first kappa shape index (κ1) is 19.0. The van der Waals surface area contributed by atoms with Crippen LogP contribution in [0, 0.1) is 0 Å². The predicted molar refractivity (Wildman–Crippen MR) is 145 cm³/mol. The molecule has 0 saturated carbocycles. The highest BCUT2D eigenvalue weighted by Gasteiger charge is 2.17. The van der Waals surface area contributed by atoms with E-state index < -0.39 is 0 Å². The van der Waals surface area contributed by atoms with Gasteiger partial charge in [0, 0.05) is 17.0 Å². The summed E-state index contributed by atoms with van der Waals surface area (Å²) in [4.78, 5) is 4.83. The molecule has 0 aliphatic heterocycles. The molecular formula is C33H21N. The molecule has 0 fully saturated rings. The average molecular weight is 432 g/mol. The van der Waals surface area contributed by atoms with Crippen LogP contribution in [0.1, 0.15) is 0 Å². The lowest BCUT2D eigenvalue weighted by molar-refractivity contribution is 1.44. The second kappa shape index (κ2) is 7.54. The topological polar surface area (TPSA) is 12.9 Å². The van der Waals surface area contributed by atoms with Crippen LogP contribution >= 0.6 is 0 Å². The van der Waals surface area contributed by atoms with Gasteiger partial charge in [0.15, 0.2) is 0 Å². The van der Waals surface area contributed by atoms with E-state index >= 15 is 0 Å². The first-order valence-corrected chi connectivity index (χ1v) is 11.7. The molecule has 1 heteroatoms. The van der Waals surface area contributed by atoms with Crippen LogP contribution in [-0.4, -0.2) is 4.98 Å². The first-order valence-electron chi connectivity index (χ1n) is 11.7. The van der Waals surface area contributed by atoms with Crippen LogP contribution in [0.5, 0.6) is 0 Å². The molecule has 0 saturated heterocycles. The Morgan fingerprint density at radius 1 is 0.412 bits per heavy atom.